The van der Waals surface area contributed by atoms with Crippen LogP contribution in [-0.4, -0.2) is 17.4 Å². The minimum Gasteiger partial charge on any atom is -0.376 e. The number of anilines is 2. The average Bonchev–Trinajstić information content (AvgIpc) is 3.02. The Morgan fingerprint density at radius 3 is 2.68 bits per heavy atom. The summed E-state index contributed by atoms with van der Waals surface area (Å²) in [5.74, 6) is -0.0967. The normalized spacial score (nSPS) is 10.5. The van der Waals surface area contributed by atoms with Crippen molar-refractivity contribution >= 4 is 28.1 Å². The molecule has 1 heterocycles. The summed E-state index contributed by atoms with van der Waals surface area (Å²) in [6.45, 7) is 4.31. The monoisotopic (exact) mass is 351 g/mol. The van der Waals surface area contributed by atoms with Crippen LogP contribution in [0.1, 0.15) is 21.6 Å². The van der Waals surface area contributed by atoms with E-state index in [0.29, 0.717) is 5.13 Å². The second-order valence-corrected chi connectivity index (χ2v) is 7.13. The number of rotatable bonds is 6. The van der Waals surface area contributed by atoms with Gasteiger partial charge in [-0.3, -0.25) is 4.79 Å². The van der Waals surface area contributed by atoms with Crippen molar-refractivity contribution in [2.45, 2.75) is 20.3 Å². The van der Waals surface area contributed by atoms with Gasteiger partial charge in [-0.15, -0.1) is 11.3 Å². The Morgan fingerprint density at radius 1 is 1.12 bits per heavy atom. The maximum atomic E-state index is 12.1. The predicted octanol–water partition coefficient (Wildman–Crippen LogP) is 4.40. The quantitative estimate of drug-likeness (QED) is 0.692. The smallest absolute Gasteiger partial charge is 0.245 e. The van der Waals surface area contributed by atoms with Crippen molar-refractivity contribution in [2.75, 3.05) is 17.2 Å². The standard InChI is InChI=1S/C20H21N3OS/c1-14-8-9-18(15(2)10-14)21-13-19(24)23-20-22-12-17(25-20)11-16-6-4-3-5-7-16/h3-10,12,21H,11,13H2,1-2H3,(H,22,23,24). The lowest BCUT2D eigenvalue weighted by Crippen LogP contribution is -2.21. The van der Waals surface area contributed by atoms with Gasteiger partial charge in [0.25, 0.3) is 0 Å². The summed E-state index contributed by atoms with van der Waals surface area (Å²) < 4.78 is 0. The van der Waals surface area contributed by atoms with Gasteiger partial charge < -0.3 is 10.6 Å². The van der Waals surface area contributed by atoms with Crippen molar-refractivity contribution in [1.82, 2.24) is 4.98 Å². The number of benzene rings is 2. The van der Waals surface area contributed by atoms with Crippen LogP contribution in [-0.2, 0) is 11.2 Å². The van der Waals surface area contributed by atoms with E-state index >= 15 is 0 Å². The highest BCUT2D eigenvalue weighted by atomic mass is 32.1. The van der Waals surface area contributed by atoms with Crippen molar-refractivity contribution in [2.24, 2.45) is 0 Å². The highest BCUT2D eigenvalue weighted by Crippen LogP contribution is 2.21. The third-order valence-electron chi connectivity index (χ3n) is 3.84. The van der Waals surface area contributed by atoms with Gasteiger partial charge in [-0.1, -0.05) is 48.0 Å². The molecule has 0 unspecified atom stereocenters. The SMILES string of the molecule is Cc1ccc(NCC(=O)Nc2ncc(Cc3ccccc3)s2)c(C)c1. The maximum absolute atomic E-state index is 12.1. The summed E-state index contributed by atoms with van der Waals surface area (Å²) in [5, 5.41) is 6.66. The zero-order chi connectivity index (χ0) is 17.6. The molecule has 0 aliphatic carbocycles. The predicted molar refractivity (Wildman–Crippen MR) is 104 cm³/mol. The van der Waals surface area contributed by atoms with E-state index < -0.39 is 0 Å². The van der Waals surface area contributed by atoms with E-state index in [9.17, 15) is 4.79 Å². The molecule has 0 atom stereocenters. The van der Waals surface area contributed by atoms with E-state index in [-0.39, 0.29) is 12.5 Å². The summed E-state index contributed by atoms with van der Waals surface area (Å²) in [6.07, 6.45) is 2.65. The summed E-state index contributed by atoms with van der Waals surface area (Å²) in [5.41, 5.74) is 4.55. The molecule has 0 saturated carbocycles. The van der Waals surface area contributed by atoms with Gasteiger partial charge in [-0.05, 0) is 31.0 Å². The molecule has 0 aliphatic rings. The number of nitrogens with one attached hydrogen (secondary N) is 2. The highest BCUT2D eigenvalue weighted by molar-refractivity contribution is 7.15. The number of thiazole rings is 1. The molecule has 3 aromatic rings. The molecule has 0 bridgehead atoms. The summed E-state index contributed by atoms with van der Waals surface area (Å²) in [6, 6.07) is 16.4. The second-order valence-electron chi connectivity index (χ2n) is 6.01. The van der Waals surface area contributed by atoms with Gasteiger partial charge in [-0.2, -0.15) is 0 Å². The first kappa shape index (κ1) is 17.2. The molecule has 2 N–H and O–H groups in total. The molecule has 0 saturated heterocycles. The van der Waals surface area contributed by atoms with Crippen LogP contribution in [0, 0.1) is 13.8 Å². The van der Waals surface area contributed by atoms with E-state index in [0.717, 1.165) is 22.5 Å². The fourth-order valence-corrected chi connectivity index (χ4v) is 3.46. The first-order chi connectivity index (χ1) is 12.1. The Hall–Kier alpha value is -2.66. The molecule has 128 valence electrons. The first-order valence-corrected chi connectivity index (χ1v) is 9.01. The van der Waals surface area contributed by atoms with Gasteiger partial charge >= 0.3 is 0 Å². The minimum atomic E-state index is -0.0967. The third kappa shape index (κ3) is 4.90. The van der Waals surface area contributed by atoms with Crippen LogP contribution in [0.2, 0.25) is 0 Å². The third-order valence-corrected chi connectivity index (χ3v) is 4.76. The van der Waals surface area contributed by atoms with Crippen LogP contribution in [0.5, 0.6) is 0 Å². The van der Waals surface area contributed by atoms with E-state index in [1.54, 1.807) is 0 Å². The molecule has 3 rings (SSSR count). The zero-order valence-corrected chi connectivity index (χ0v) is 15.2. The Bertz CT molecular complexity index is 858. The maximum Gasteiger partial charge on any atom is 0.245 e. The van der Waals surface area contributed by atoms with Crippen LogP contribution in [0.25, 0.3) is 0 Å². The molecule has 0 radical (unpaired) electrons. The van der Waals surface area contributed by atoms with Crippen LogP contribution in [0.15, 0.2) is 54.7 Å². The fraction of sp³-hybridized carbons (Fsp3) is 0.200. The first-order valence-electron chi connectivity index (χ1n) is 8.20. The van der Waals surface area contributed by atoms with Gasteiger partial charge in [0.1, 0.15) is 0 Å². The van der Waals surface area contributed by atoms with E-state index in [1.807, 2.05) is 43.5 Å². The number of aryl methyl sites for hydroxylation is 2. The van der Waals surface area contributed by atoms with Gasteiger partial charge in [-0.25, -0.2) is 4.98 Å². The number of nitrogens with zero attached hydrogens (tertiary/aromatic N) is 1. The van der Waals surface area contributed by atoms with Gasteiger partial charge in [0.15, 0.2) is 5.13 Å². The van der Waals surface area contributed by atoms with Crippen molar-refractivity contribution in [1.29, 1.82) is 0 Å². The van der Waals surface area contributed by atoms with Gasteiger partial charge in [0.2, 0.25) is 5.91 Å². The molecular weight excluding hydrogens is 330 g/mol. The highest BCUT2D eigenvalue weighted by Gasteiger charge is 2.08. The lowest BCUT2D eigenvalue weighted by Gasteiger charge is -2.09. The van der Waals surface area contributed by atoms with Gasteiger partial charge in [0.05, 0.1) is 6.54 Å². The molecule has 0 aliphatic heterocycles. The number of hydrogen-bond acceptors (Lipinski definition) is 4. The van der Waals surface area contributed by atoms with Crippen molar-refractivity contribution < 1.29 is 4.79 Å². The number of aromatic nitrogens is 1. The van der Waals surface area contributed by atoms with Crippen molar-refractivity contribution in [3.05, 3.63) is 76.3 Å². The lowest BCUT2D eigenvalue weighted by atomic mass is 10.1. The molecule has 0 spiro atoms. The van der Waals surface area contributed by atoms with E-state index in [2.05, 4.69) is 40.7 Å². The van der Waals surface area contributed by atoms with Gasteiger partial charge in [0, 0.05) is 23.2 Å². The summed E-state index contributed by atoms with van der Waals surface area (Å²) >= 11 is 1.51. The van der Waals surface area contributed by atoms with Crippen molar-refractivity contribution in [3.63, 3.8) is 0 Å². The van der Waals surface area contributed by atoms with Crippen molar-refractivity contribution in [3.8, 4) is 0 Å². The summed E-state index contributed by atoms with van der Waals surface area (Å²) in [4.78, 5) is 17.5. The van der Waals surface area contributed by atoms with Crippen LogP contribution >= 0.6 is 11.3 Å². The minimum absolute atomic E-state index is 0.0967. The van der Waals surface area contributed by atoms with Crippen LogP contribution in [0.3, 0.4) is 0 Å². The molecular formula is C20H21N3OS. The number of carbonyl (C=O) groups excluding carboxylic acids is 1. The van der Waals surface area contributed by atoms with E-state index in [1.165, 1.54) is 22.5 Å². The molecule has 25 heavy (non-hydrogen) atoms. The molecule has 0 fully saturated rings. The Balaban J connectivity index is 1.53. The average molecular weight is 351 g/mol. The number of amides is 1. The van der Waals surface area contributed by atoms with E-state index in [4.69, 9.17) is 0 Å². The molecule has 1 aromatic heterocycles. The lowest BCUT2D eigenvalue weighted by molar-refractivity contribution is -0.114. The molecule has 2 aromatic carbocycles. The zero-order valence-electron chi connectivity index (χ0n) is 14.4. The Morgan fingerprint density at radius 2 is 1.92 bits per heavy atom. The summed E-state index contributed by atoms with van der Waals surface area (Å²) in [7, 11) is 0. The Labute approximate surface area is 151 Å². The van der Waals surface area contributed by atoms with Crippen LogP contribution in [0.4, 0.5) is 10.8 Å². The largest absolute Gasteiger partial charge is 0.376 e. The molecule has 1 amide bonds. The topological polar surface area (TPSA) is 54.0 Å². The second kappa shape index (κ2) is 7.94. The Kier molecular flexibility index (Phi) is 5.46. The van der Waals surface area contributed by atoms with Crippen LogP contribution < -0.4 is 10.6 Å². The number of hydrogen-bond donors (Lipinski definition) is 2. The molecule has 5 heteroatoms. The fourth-order valence-electron chi connectivity index (χ4n) is 2.59. The molecule has 4 nitrogen and oxygen atoms in total. The number of carbonyl (C=O) groups is 1.